The molecule has 2 aromatic rings. The van der Waals surface area contributed by atoms with E-state index in [2.05, 4.69) is 21.1 Å². The molecule has 0 spiro atoms. The molecule has 0 saturated carbocycles. The van der Waals surface area contributed by atoms with E-state index in [0.717, 1.165) is 36.5 Å². The number of urea groups is 1. The maximum atomic E-state index is 12.5. The Morgan fingerprint density at radius 3 is 2.91 bits per heavy atom. The van der Waals surface area contributed by atoms with Crippen LogP contribution in [0.2, 0.25) is 0 Å². The van der Waals surface area contributed by atoms with Gasteiger partial charge in [-0.05, 0) is 38.8 Å². The van der Waals surface area contributed by atoms with Crippen LogP contribution >= 0.6 is 0 Å². The first kappa shape index (κ1) is 14.7. The minimum absolute atomic E-state index is 0.00338. The maximum Gasteiger partial charge on any atom is 0.318 e. The standard InChI is InChI=1S/C16H22N4O2/c1-11-9-15(22-18-11)14-5-4-8-20(14)16(21)17-10-13-7-6-12(2)19(13)3/h6-7,9,14H,4-5,8,10H2,1-3H3,(H,17,21)/t14-/m1/s1. The van der Waals surface area contributed by atoms with Crippen molar-refractivity contribution in [2.75, 3.05) is 6.54 Å². The summed E-state index contributed by atoms with van der Waals surface area (Å²) in [7, 11) is 2.01. The molecule has 1 atom stereocenters. The fraction of sp³-hybridized carbons (Fsp3) is 0.500. The van der Waals surface area contributed by atoms with Crippen LogP contribution < -0.4 is 5.32 Å². The molecule has 1 aliphatic heterocycles. The van der Waals surface area contributed by atoms with Crippen molar-refractivity contribution in [1.82, 2.24) is 19.9 Å². The molecule has 0 radical (unpaired) electrons. The van der Waals surface area contributed by atoms with Gasteiger partial charge in [0.15, 0.2) is 5.76 Å². The first-order valence-electron chi connectivity index (χ1n) is 7.65. The van der Waals surface area contributed by atoms with Gasteiger partial charge < -0.3 is 19.3 Å². The summed E-state index contributed by atoms with van der Waals surface area (Å²) < 4.78 is 7.42. The quantitative estimate of drug-likeness (QED) is 0.948. The number of nitrogens with zero attached hydrogens (tertiary/aromatic N) is 3. The van der Waals surface area contributed by atoms with Crippen LogP contribution in [0.5, 0.6) is 0 Å². The zero-order valence-electron chi connectivity index (χ0n) is 13.3. The monoisotopic (exact) mass is 302 g/mol. The molecule has 6 heteroatoms. The van der Waals surface area contributed by atoms with Crippen LogP contribution in [0.4, 0.5) is 4.79 Å². The molecule has 6 nitrogen and oxygen atoms in total. The molecule has 2 amide bonds. The first-order valence-corrected chi connectivity index (χ1v) is 7.65. The fourth-order valence-electron chi connectivity index (χ4n) is 2.96. The van der Waals surface area contributed by atoms with Crippen LogP contribution in [0.25, 0.3) is 0 Å². The molecule has 1 saturated heterocycles. The Morgan fingerprint density at radius 2 is 2.27 bits per heavy atom. The molecule has 1 aliphatic rings. The summed E-state index contributed by atoms with van der Waals surface area (Å²) in [4.78, 5) is 14.3. The largest absolute Gasteiger partial charge is 0.359 e. The van der Waals surface area contributed by atoms with Crippen molar-refractivity contribution in [3.05, 3.63) is 41.0 Å². The number of hydrogen-bond acceptors (Lipinski definition) is 3. The summed E-state index contributed by atoms with van der Waals surface area (Å²) >= 11 is 0. The van der Waals surface area contributed by atoms with Gasteiger partial charge in [-0.3, -0.25) is 0 Å². The van der Waals surface area contributed by atoms with E-state index in [-0.39, 0.29) is 12.1 Å². The second-order valence-corrected chi connectivity index (χ2v) is 5.91. The SMILES string of the molecule is Cc1cc([C@H]2CCCN2C(=O)NCc2ccc(C)n2C)on1. The molecule has 0 aliphatic carbocycles. The third-order valence-electron chi connectivity index (χ3n) is 4.39. The molecule has 0 aromatic carbocycles. The minimum atomic E-state index is -0.0459. The summed E-state index contributed by atoms with van der Waals surface area (Å²) in [5.74, 6) is 0.778. The summed E-state index contributed by atoms with van der Waals surface area (Å²) in [6, 6.07) is 5.96. The number of carbonyl (C=O) groups excluding carboxylic acids is 1. The van der Waals surface area contributed by atoms with Crippen molar-refractivity contribution in [2.24, 2.45) is 7.05 Å². The predicted octanol–water partition coefficient (Wildman–Crippen LogP) is 2.68. The second kappa shape index (κ2) is 5.87. The van der Waals surface area contributed by atoms with Gasteiger partial charge in [-0.15, -0.1) is 0 Å². The minimum Gasteiger partial charge on any atom is -0.359 e. The van der Waals surface area contributed by atoms with E-state index < -0.39 is 0 Å². The molecule has 0 bridgehead atoms. The van der Waals surface area contributed by atoms with E-state index in [1.165, 1.54) is 5.69 Å². The lowest BCUT2D eigenvalue weighted by molar-refractivity contribution is 0.181. The molecule has 2 aromatic heterocycles. The zero-order valence-corrected chi connectivity index (χ0v) is 13.3. The van der Waals surface area contributed by atoms with Crippen molar-refractivity contribution in [2.45, 2.75) is 39.3 Å². The highest BCUT2D eigenvalue weighted by atomic mass is 16.5. The summed E-state index contributed by atoms with van der Waals surface area (Å²) in [5.41, 5.74) is 3.12. The molecule has 3 heterocycles. The Labute approximate surface area is 130 Å². The van der Waals surface area contributed by atoms with E-state index in [0.29, 0.717) is 6.54 Å². The van der Waals surface area contributed by atoms with E-state index in [9.17, 15) is 4.79 Å². The van der Waals surface area contributed by atoms with Crippen molar-refractivity contribution in [3.63, 3.8) is 0 Å². The molecule has 1 fully saturated rings. The van der Waals surface area contributed by atoms with Gasteiger partial charge in [0, 0.05) is 31.0 Å². The van der Waals surface area contributed by atoms with Crippen molar-refractivity contribution >= 4 is 6.03 Å². The second-order valence-electron chi connectivity index (χ2n) is 5.91. The summed E-state index contributed by atoms with van der Waals surface area (Å²) in [6.07, 6.45) is 1.91. The normalized spacial score (nSPS) is 18.0. The number of nitrogens with one attached hydrogen (secondary N) is 1. The summed E-state index contributed by atoms with van der Waals surface area (Å²) in [5, 5.41) is 6.93. The fourth-order valence-corrected chi connectivity index (χ4v) is 2.96. The van der Waals surface area contributed by atoms with Crippen molar-refractivity contribution in [3.8, 4) is 0 Å². The van der Waals surface area contributed by atoms with Gasteiger partial charge in [-0.25, -0.2) is 4.79 Å². The molecule has 118 valence electrons. The number of hydrogen-bond donors (Lipinski definition) is 1. The van der Waals surface area contributed by atoms with Crippen LogP contribution in [0.1, 0.15) is 41.7 Å². The van der Waals surface area contributed by atoms with Crippen LogP contribution in [0.3, 0.4) is 0 Å². The highest BCUT2D eigenvalue weighted by Gasteiger charge is 2.32. The topological polar surface area (TPSA) is 63.3 Å². The number of likely N-dealkylation sites (tertiary alicyclic amines) is 1. The zero-order chi connectivity index (χ0) is 15.7. The number of aromatic nitrogens is 2. The average Bonchev–Trinajstić information content (AvgIpc) is 3.19. The molecule has 3 rings (SSSR count). The Balaban J connectivity index is 1.65. The molecular formula is C16H22N4O2. The lowest BCUT2D eigenvalue weighted by Gasteiger charge is -2.23. The van der Waals surface area contributed by atoms with Crippen LogP contribution in [-0.2, 0) is 13.6 Å². The third-order valence-corrected chi connectivity index (χ3v) is 4.39. The first-order chi connectivity index (χ1) is 10.6. The number of rotatable bonds is 3. The van der Waals surface area contributed by atoms with Crippen LogP contribution in [0, 0.1) is 13.8 Å². The van der Waals surface area contributed by atoms with Gasteiger partial charge in [0.2, 0.25) is 0 Å². The van der Waals surface area contributed by atoms with Crippen molar-refractivity contribution in [1.29, 1.82) is 0 Å². The number of amides is 2. The highest BCUT2D eigenvalue weighted by molar-refractivity contribution is 5.75. The van der Waals surface area contributed by atoms with Gasteiger partial charge in [-0.1, -0.05) is 5.16 Å². The Bertz CT molecular complexity index is 673. The third kappa shape index (κ3) is 2.73. The lowest BCUT2D eigenvalue weighted by Crippen LogP contribution is -2.39. The van der Waals surface area contributed by atoms with Gasteiger partial charge in [-0.2, -0.15) is 0 Å². The Kier molecular flexibility index (Phi) is 3.92. The smallest absolute Gasteiger partial charge is 0.318 e. The van der Waals surface area contributed by atoms with Gasteiger partial charge in [0.25, 0.3) is 0 Å². The summed E-state index contributed by atoms with van der Waals surface area (Å²) in [6.45, 7) is 5.22. The average molecular weight is 302 g/mol. The van der Waals surface area contributed by atoms with Crippen molar-refractivity contribution < 1.29 is 9.32 Å². The van der Waals surface area contributed by atoms with Gasteiger partial charge >= 0.3 is 6.03 Å². The van der Waals surface area contributed by atoms with Crippen LogP contribution in [-0.4, -0.2) is 27.2 Å². The Morgan fingerprint density at radius 1 is 1.45 bits per heavy atom. The number of aryl methyl sites for hydroxylation is 2. The highest BCUT2D eigenvalue weighted by Crippen LogP contribution is 2.32. The maximum absolute atomic E-state index is 12.5. The van der Waals surface area contributed by atoms with Crippen LogP contribution in [0.15, 0.2) is 22.7 Å². The Hall–Kier alpha value is -2.24. The van der Waals surface area contributed by atoms with E-state index in [1.807, 2.05) is 37.9 Å². The van der Waals surface area contributed by atoms with Gasteiger partial charge in [0.1, 0.15) is 0 Å². The molecular weight excluding hydrogens is 280 g/mol. The van der Waals surface area contributed by atoms with E-state index in [1.54, 1.807) is 0 Å². The molecule has 1 N–H and O–H groups in total. The number of carbonyl (C=O) groups is 1. The predicted molar refractivity (Wildman–Crippen MR) is 82.3 cm³/mol. The van der Waals surface area contributed by atoms with E-state index >= 15 is 0 Å². The lowest BCUT2D eigenvalue weighted by atomic mass is 10.1. The van der Waals surface area contributed by atoms with E-state index in [4.69, 9.17) is 4.52 Å². The molecule has 22 heavy (non-hydrogen) atoms. The molecule has 0 unspecified atom stereocenters. The van der Waals surface area contributed by atoms with Gasteiger partial charge in [0.05, 0.1) is 18.3 Å².